The molecule has 0 spiro atoms. The molecule has 0 N–H and O–H groups in total. The van der Waals surface area contributed by atoms with Crippen molar-refractivity contribution < 1.29 is 4.74 Å². The van der Waals surface area contributed by atoms with Gasteiger partial charge in [0.2, 0.25) is 0 Å². The topological polar surface area (TPSA) is 12.5 Å². The standard InChI is InChI=1S/C9H14O/c1-3-5-6-7-9-8(4-2)10-9/h2,8-9H,3,5-7H2,1H3/t8-,9-/m1/s1. The zero-order valence-corrected chi connectivity index (χ0v) is 6.47. The average molecular weight is 138 g/mol. The van der Waals surface area contributed by atoms with Gasteiger partial charge in [-0.05, 0) is 6.42 Å². The second-order valence-electron chi connectivity index (χ2n) is 2.76. The molecule has 0 unspecified atom stereocenters. The molecular formula is C9H14O. The number of terminal acetylenes is 1. The molecule has 1 aliphatic rings. The molecule has 10 heavy (non-hydrogen) atoms. The van der Waals surface area contributed by atoms with Crippen LogP contribution in [0.1, 0.15) is 32.6 Å². The Kier molecular flexibility index (Phi) is 2.77. The fraction of sp³-hybridized carbons (Fsp3) is 0.778. The third-order valence-corrected chi connectivity index (χ3v) is 1.84. The second kappa shape index (κ2) is 3.63. The van der Waals surface area contributed by atoms with E-state index in [0.29, 0.717) is 6.10 Å². The minimum absolute atomic E-state index is 0.150. The van der Waals surface area contributed by atoms with Crippen LogP contribution in [0.15, 0.2) is 0 Å². The molecule has 56 valence electrons. The SMILES string of the molecule is C#C[C@H]1O[C@@H]1CCCCC. The van der Waals surface area contributed by atoms with Crippen LogP contribution < -0.4 is 0 Å². The van der Waals surface area contributed by atoms with E-state index in [1.807, 2.05) is 0 Å². The van der Waals surface area contributed by atoms with E-state index in [0.717, 1.165) is 6.42 Å². The van der Waals surface area contributed by atoms with E-state index in [-0.39, 0.29) is 6.10 Å². The lowest BCUT2D eigenvalue weighted by Gasteiger charge is -1.91. The van der Waals surface area contributed by atoms with Gasteiger partial charge in [-0.15, -0.1) is 6.42 Å². The number of ether oxygens (including phenoxy) is 1. The van der Waals surface area contributed by atoms with E-state index in [2.05, 4.69) is 12.8 Å². The average Bonchev–Trinajstić information content (AvgIpc) is 2.68. The fourth-order valence-electron chi connectivity index (χ4n) is 1.10. The first kappa shape index (κ1) is 7.63. The van der Waals surface area contributed by atoms with Crippen LogP contribution in [0.4, 0.5) is 0 Å². The summed E-state index contributed by atoms with van der Waals surface area (Å²) in [5.74, 6) is 2.59. The van der Waals surface area contributed by atoms with Gasteiger partial charge in [0.1, 0.15) is 6.10 Å². The summed E-state index contributed by atoms with van der Waals surface area (Å²) in [5, 5.41) is 0. The summed E-state index contributed by atoms with van der Waals surface area (Å²) in [6, 6.07) is 0. The number of rotatable bonds is 4. The van der Waals surface area contributed by atoms with Crippen LogP contribution in [0.2, 0.25) is 0 Å². The molecule has 0 amide bonds. The number of hydrogen-bond acceptors (Lipinski definition) is 1. The van der Waals surface area contributed by atoms with Gasteiger partial charge < -0.3 is 4.74 Å². The van der Waals surface area contributed by atoms with Gasteiger partial charge in [-0.2, -0.15) is 0 Å². The van der Waals surface area contributed by atoms with Crippen LogP contribution in [-0.2, 0) is 4.74 Å². The largest absolute Gasteiger partial charge is 0.356 e. The van der Waals surface area contributed by atoms with Gasteiger partial charge in [0.25, 0.3) is 0 Å². The van der Waals surface area contributed by atoms with E-state index in [1.54, 1.807) is 0 Å². The van der Waals surface area contributed by atoms with Crippen molar-refractivity contribution >= 4 is 0 Å². The van der Waals surface area contributed by atoms with Crippen molar-refractivity contribution in [1.29, 1.82) is 0 Å². The molecule has 0 aromatic carbocycles. The molecule has 1 saturated heterocycles. The summed E-state index contributed by atoms with van der Waals surface area (Å²) in [6.45, 7) is 2.20. The third kappa shape index (κ3) is 2.04. The number of epoxide rings is 1. The number of unbranched alkanes of at least 4 members (excludes halogenated alkanes) is 2. The predicted molar refractivity (Wildman–Crippen MR) is 41.6 cm³/mol. The van der Waals surface area contributed by atoms with E-state index in [1.165, 1.54) is 19.3 Å². The Morgan fingerprint density at radius 3 is 2.80 bits per heavy atom. The molecule has 1 aliphatic heterocycles. The summed E-state index contributed by atoms with van der Waals surface area (Å²) in [7, 11) is 0. The quantitative estimate of drug-likeness (QED) is 0.329. The van der Waals surface area contributed by atoms with Crippen LogP contribution in [0, 0.1) is 12.3 Å². The highest BCUT2D eigenvalue weighted by Gasteiger charge is 2.35. The van der Waals surface area contributed by atoms with Gasteiger partial charge in [-0.3, -0.25) is 0 Å². The van der Waals surface area contributed by atoms with Crippen LogP contribution in [0.3, 0.4) is 0 Å². The van der Waals surface area contributed by atoms with Crippen molar-refractivity contribution in [3.8, 4) is 12.3 Å². The van der Waals surface area contributed by atoms with Gasteiger partial charge in [0.05, 0.1) is 6.10 Å². The van der Waals surface area contributed by atoms with E-state index in [9.17, 15) is 0 Å². The van der Waals surface area contributed by atoms with Crippen LogP contribution >= 0.6 is 0 Å². The highest BCUT2D eigenvalue weighted by atomic mass is 16.6. The third-order valence-electron chi connectivity index (χ3n) is 1.84. The van der Waals surface area contributed by atoms with Crippen molar-refractivity contribution in [2.75, 3.05) is 0 Å². The van der Waals surface area contributed by atoms with Crippen LogP contribution in [-0.4, -0.2) is 12.2 Å². The molecule has 1 rings (SSSR count). The highest BCUT2D eigenvalue weighted by Crippen LogP contribution is 2.26. The van der Waals surface area contributed by atoms with Gasteiger partial charge >= 0.3 is 0 Å². The van der Waals surface area contributed by atoms with Crippen molar-refractivity contribution in [1.82, 2.24) is 0 Å². The van der Waals surface area contributed by atoms with Gasteiger partial charge in [0, 0.05) is 0 Å². The zero-order chi connectivity index (χ0) is 7.40. The minimum atomic E-state index is 0.150. The monoisotopic (exact) mass is 138 g/mol. The second-order valence-corrected chi connectivity index (χ2v) is 2.76. The lowest BCUT2D eigenvalue weighted by atomic mass is 10.1. The Morgan fingerprint density at radius 2 is 2.30 bits per heavy atom. The Hall–Kier alpha value is -0.480. The van der Waals surface area contributed by atoms with E-state index in [4.69, 9.17) is 11.2 Å². The smallest absolute Gasteiger partial charge is 0.144 e. The minimum Gasteiger partial charge on any atom is -0.356 e. The molecule has 2 atom stereocenters. The molecule has 1 heteroatoms. The molecule has 0 aromatic heterocycles. The molecule has 0 bridgehead atoms. The maximum Gasteiger partial charge on any atom is 0.144 e. The predicted octanol–water partition coefficient (Wildman–Crippen LogP) is 1.97. The molecule has 1 nitrogen and oxygen atoms in total. The maximum atomic E-state index is 5.18. The van der Waals surface area contributed by atoms with E-state index >= 15 is 0 Å². The van der Waals surface area contributed by atoms with E-state index < -0.39 is 0 Å². The first-order valence-electron chi connectivity index (χ1n) is 4.00. The summed E-state index contributed by atoms with van der Waals surface area (Å²) in [6.07, 6.45) is 10.7. The Bertz CT molecular complexity index is 134. The Morgan fingerprint density at radius 1 is 1.50 bits per heavy atom. The van der Waals surface area contributed by atoms with Crippen LogP contribution in [0.25, 0.3) is 0 Å². The molecule has 0 aromatic rings. The van der Waals surface area contributed by atoms with Crippen molar-refractivity contribution in [3.63, 3.8) is 0 Å². The molecule has 1 fully saturated rings. The summed E-state index contributed by atoms with van der Waals surface area (Å²) in [4.78, 5) is 0. The van der Waals surface area contributed by atoms with Gasteiger partial charge in [-0.25, -0.2) is 0 Å². The summed E-state index contributed by atoms with van der Waals surface area (Å²) >= 11 is 0. The number of hydrogen-bond donors (Lipinski definition) is 0. The molecule has 1 heterocycles. The van der Waals surface area contributed by atoms with Crippen molar-refractivity contribution in [2.24, 2.45) is 0 Å². The first-order valence-corrected chi connectivity index (χ1v) is 4.00. The molecule has 0 radical (unpaired) electrons. The van der Waals surface area contributed by atoms with Crippen LogP contribution in [0.5, 0.6) is 0 Å². The Balaban J connectivity index is 1.93. The van der Waals surface area contributed by atoms with Crippen molar-refractivity contribution in [3.05, 3.63) is 0 Å². The molecular weight excluding hydrogens is 124 g/mol. The van der Waals surface area contributed by atoms with Gasteiger partial charge in [-0.1, -0.05) is 32.1 Å². The lowest BCUT2D eigenvalue weighted by molar-refractivity contribution is 0.376. The zero-order valence-electron chi connectivity index (χ0n) is 6.47. The summed E-state index contributed by atoms with van der Waals surface area (Å²) < 4.78 is 5.18. The van der Waals surface area contributed by atoms with Crippen molar-refractivity contribution in [2.45, 2.75) is 44.8 Å². The maximum absolute atomic E-state index is 5.18. The van der Waals surface area contributed by atoms with Gasteiger partial charge in [0.15, 0.2) is 0 Å². The molecule has 0 aliphatic carbocycles. The fourth-order valence-corrected chi connectivity index (χ4v) is 1.10. The normalized spacial score (nSPS) is 29.6. The first-order chi connectivity index (χ1) is 4.88. The molecule has 0 saturated carbocycles. The lowest BCUT2D eigenvalue weighted by Crippen LogP contribution is -1.89. The summed E-state index contributed by atoms with van der Waals surface area (Å²) in [5.41, 5.74) is 0. The highest BCUT2D eigenvalue weighted by molar-refractivity contribution is 5.07. The Labute approximate surface area is 62.8 Å².